The summed E-state index contributed by atoms with van der Waals surface area (Å²) in [5.41, 5.74) is 7.25. The molecule has 0 spiro atoms. The van der Waals surface area contributed by atoms with Gasteiger partial charge in [0, 0.05) is 24.7 Å². The van der Waals surface area contributed by atoms with Crippen LogP contribution < -0.4 is 15.2 Å². The van der Waals surface area contributed by atoms with Crippen molar-refractivity contribution in [3.05, 3.63) is 23.8 Å². The van der Waals surface area contributed by atoms with E-state index in [4.69, 9.17) is 15.2 Å². The molecule has 0 aliphatic carbocycles. The Balaban J connectivity index is 2.35. The maximum atomic E-state index is 6.12. The lowest BCUT2D eigenvalue weighted by atomic mass is 9.91. The summed E-state index contributed by atoms with van der Waals surface area (Å²) in [5.74, 6) is 2.45. The van der Waals surface area contributed by atoms with Gasteiger partial charge in [-0.05, 0) is 43.9 Å². The molecule has 1 aliphatic heterocycles. The molecule has 0 aromatic heterocycles. The van der Waals surface area contributed by atoms with E-state index in [2.05, 4.69) is 24.8 Å². The predicted molar refractivity (Wildman–Crippen MR) is 85.9 cm³/mol. The topological polar surface area (TPSA) is 47.7 Å². The average Bonchev–Trinajstić information content (AvgIpc) is 2.51. The smallest absolute Gasteiger partial charge is 0.123 e. The molecule has 1 heterocycles. The number of likely N-dealkylation sites (tertiary alicyclic amines) is 1. The predicted octanol–water partition coefficient (Wildman–Crippen LogP) is 2.82. The fourth-order valence-corrected chi connectivity index (χ4v) is 3.30. The molecular formula is C17H28N2O2. The molecule has 4 heteroatoms. The summed E-state index contributed by atoms with van der Waals surface area (Å²) in [4.78, 5) is 2.52. The summed E-state index contributed by atoms with van der Waals surface area (Å²) < 4.78 is 10.9. The first-order valence-electron chi connectivity index (χ1n) is 7.78. The van der Waals surface area contributed by atoms with E-state index in [0.717, 1.165) is 23.6 Å². The molecule has 21 heavy (non-hydrogen) atoms. The van der Waals surface area contributed by atoms with Gasteiger partial charge in [-0.25, -0.2) is 0 Å². The maximum absolute atomic E-state index is 6.12. The van der Waals surface area contributed by atoms with Crippen molar-refractivity contribution in [2.45, 2.75) is 38.8 Å². The van der Waals surface area contributed by atoms with Gasteiger partial charge in [0.2, 0.25) is 0 Å². The lowest BCUT2D eigenvalue weighted by molar-refractivity contribution is 0.0785. The number of hydrogen-bond acceptors (Lipinski definition) is 4. The molecule has 0 radical (unpaired) electrons. The van der Waals surface area contributed by atoms with E-state index in [0.29, 0.717) is 18.5 Å². The van der Waals surface area contributed by atoms with Gasteiger partial charge in [0.25, 0.3) is 0 Å². The van der Waals surface area contributed by atoms with Crippen molar-refractivity contribution in [2.75, 3.05) is 27.3 Å². The number of piperidine rings is 1. The molecule has 2 rings (SSSR count). The minimum absolute atomic E-state index is 0.174. The fourth-order valence-electron chi connectivity index (χ4n) is 3.30. The molecule has 0 bridgehead atoms. The highest BCUT2D eigenvalue weighted by Crippen LogP contribution is 2.36. The van der Waals surface area contributed by atoms with Gasteiger partial charge in [-0.15, -0.1) is 0 Å². The van der Waals surface area contributed by atoms with Crippen LogP contribution in [0.2, 0.25) is 0 Å². The zero-order valence-electron chi connectivity index (χ0n) is 13.6. The van der Waals surface area contributed by atoms with E-state index >= 15 is 0 Å². The van der Waals surface area contributed by atoms with Crippen LogP contribution in [-0.4, -0.2) is 38.3 Å². The van der Waals surface area contributed by atoms with E-state index in [1.807, 2.05) is 12.1 Å². The van der Waals surface area contributed by atoms with Gasteiger partial charge >= 0.3 is 0 Å². The molecule has 0 saturated carbocycles. The Morgan fingerprint density at radius 2 is 2.00 bits per heavy atom. The summed E-state index contributed by atoms with van der Waals surface area (Å²) in [6.45, 7) is 6.28. The third-order valence-electron chi connectivity index (χ3n) is 4.59. The normalized spacial score (nSPS) is 24.6. The van der Waals surface area contributed by atoms with Crippen LogP contribution in [0, 0.1) is 5.92 Å². The number of benzene rings is 1. The second-order valence-electron chi connectivity index (χ2n) is 6.09. The Labute approximate surface area is 128 Å². The fraction of sp³-hybridized carbons (Fsp3) is 0.647. The minimum atomic E-state index is 0.174. The molecule has 1 saturated heterocycles. The Bertz CT molecular complexity index is 464. The van der Waals surface area contributed by atoms with Crippen LogP contribution in [0.25, 0.3) is 0 Å². The Kier molecular flexibility index (Phi) is 5.48. The number of ether oxygens (including phenoxy) is 2. The van der Waals surface area contributed by atoms with E-state index in [1.54, 1.807) is 14.2 Å². The number of methoxy groups -OCH3 is 2. The summed E-state index contributed by atoms with van der Waals surface area (Å²) in [6.07, 6.45) is 2.52. The van der Waals surface area contributed by atoms with Crippen molar-refractivity contribution in [1.29, 1.82) is 0 Å². The molecule has 118 valence electrons. The third kappa shape index (κ3) is 3.50. The summed E-state index contributed by atoms with van der Waals surface area (Å²) >= 11 is 0. The number of nitrogens with two attached hydrogens (primary N) is 1. The van der Waals surface area contributed by atoms with Gasteiger partial charge in [-0.2, -0.15) is 0 Å². The number of hydrogen-bond donors (Lipinski definition) is 1. The zero-order chi connectivity index (χ0) is 15.4. The van der Waals surface area contributed by atoms with E-state index in [9.17, 15) is 0 Å². The second kappa shape index (κ2) is 7.14. The van der Waals surface area contributed by atoms with Crippen LogP contribution in [-0.2, 0) is 0 Å². The lowest BCUT2D eigenvalue weighted by Crippen LogP contribution is -2.45. The van der Waals surface area contributed by atoms with Crippen molar-refractivity contribution in [2.24, 2.45) is 11.7 Å². The van der Waals surface area contributed by atoms with Gasteiger partial charge in [0.15, 0.2) is 0 Å². The van der Waals surface area contributed by atoms with Gasteiger partial charge in [0.05, 0.1) is 20.3 Å². The Hall–Kier alpha value is -1.26. The molecule has 4 nitrogen and oxygen atoms in total. The number of nitrogens with zero attached hydrogens (tertiary/aromatic N) is 1. The largest absolute Gasteiger partial charge is 0.497 e. The molecule has 3 atom stereocenters. The lowest BCUT2D eigenvalue weighted by Gasteiger charge is -2.42. The minimum Gasteiger partial charge on any atom is -0.497 e. The highest BCUT2D eigenvalue weighted by atomic mass is 16.5. The highest BCUT2D eigenvalue weighted by molar-refractivity contribution is 5.42. The first-order valence-corrected chi connectivity index (χ1v) is 7.78. The Morgan fingerprint density at radius 3 is 2.62 bits per heavy atom. The summed E-state index contributed by atoms with van der Waals surface area (Å²) in [5, 5.41) is 0. The SMILES string of the molecule is COc1ccc(OC)c(C(CN)N2CC(C)CCC2C)c1. The van der Waals surface area contributed by atoms with Crippen LogP contribution in [0.5, 0.6) is 11.5 Å². The quantitative estimate of drug-likeness (QED) is 0.906. The molecule has 3 unspecified atom stereocenters. The first kappa shape index (κ1) is 16.1. The van der Waals surface area contributed by atoms with Crippen molar-refractivity contribution in [3.63, 3.8) is 0 Å². The average molecular weight is 292 g/mol. The van der Waals surface area contributed by atoms with Gasteiger partial charge in [0.1, 0.15) is 11.5 Å². The maximum Gasteiger partial charge on any atom is 0.123 e. The van der Waals surface area contributed by atoms with Crippen molar-refractivity contribution in [1.82, 2.24) is 4.90 Å². The van der Waals surface area contributed by atoms with Crippen LogP contribution >= 0.6 is 0 Å². The van der Waals surface area contributed by atoms with Crippen LogP contribution in [0.3, 0.4) is 0 Å². The van der Waals surface area contributed by atoms with E-state index in [1.165, 1.54) is 12.8 Å². The summed E-state index contributed by atoms with van der Waals surface area (Å²) in [7, 11) is 3.40. The van der Waals surface area contributed by atoms with Crippen molar-refractivity contribution in [3.8, 4) is 11.5 Å². The van der Waals surface area contributed by atoms with Crippen molar-refractivity contribution >= 4 is 0 Å². The highest BCUT2D eigenvalue weighted by Gasteiger charge is 2.31. The van der Waals surface area contributed by atoms with Gasteiger partial charge in [-0.1, -0.05) is 6.92 Å². The van der Waals surface area contributed by atoms with Gasteiger partial charge in [-0.3, -0.25) is 4.90 Å². The van der Waals surface area contributed by atoms with E-state index in [-0.39, 0.29) is 6.04 Å². The van der Waals surface area contributed by atoms with Gasteiger partial charge < -0.3 is 15.2 Å². The zero-order valence-corrected chi connectivity index (χ0v) is 13.6. The molecule has 2 N–H and O–H groups in total. The molecule has 1 aromatic rings. The molecule has 1 aliphatic rings. The molecule has 1 aromatic carbocycles. The molecule has 0 amide bonds. The molecule has 1 fully saturated rings. The van der Waals surface area contributed by atoms with Crippen LogP contribution in [0.1, 0.15) is 38.3 Å². The first-order chi connectivity index (χ1) is 10.1. The second-order valence-corrected chi connectivity index (χ2v) is 6.09. The Morgan fingerprint density at radius 1 is 1.24 bits per heavy atom. The standard InChI is InChI=1S/C17H28N2O2/c1-12-5-6-13(2)19(11-12)16(10-18)15-9-14(20-3)7-8-17(15)21-4/h7-9,12-13,16H,5-6,10-11,18H2,1-4H3. The summed E-state index contributed by atoms with van der Waals surface area (Å²) in [6, 6.07) is 6.67. The van der Waals surface area contributed by atoms with Crippen LogP contribution in [0.4, 0.5) is 0 Å². The third-order valence-corrected chi connectivity index (χ3v) is 4.59. The number of rotatable bonds is 5. The van der Waals surface area contributed by atoms with Crippen molar-refractivity contribution < 1.29 is 9.47 Å². The van der Waals surface area contributed by atoms with E-state index < -0.39 is 0 Å². The monoisotopic (exact) mass is 292 g/mol. The van der Waals surface area contributed by atoms with Crippen LogP contribution in [0.15, 0.2) is 18.2 Å². The molecular weight excluding hydrogens is 264 g/mol.